The molecule has 0 saturated carbocycles. The van der Waals surface area contributed by atoms with Crippen LogP contribution >= 0.6 is 11.6 Å². The number of hydrogen-bond acceptors (Lipinski definition) is 5. The Kier molecular flexibility index (Phi) is 4.59. The zero-order chi connectivity index (χ0) is 15.4. The third-order valence-corrected chi connectivity index (χ3v) is 2.92. The van der Waals surface area contributed by atoms with Crippen molar-refractivity contribution < 1.29 is 18.8 Å². The Labute approximate surface area is 126 Å². The van der Waals surface area contributed by atoms with Crippen molar-refractivity contribution in [1.29, 1.82) is 0 Å². The van der Waals surface area contributed by atoms with Gasteiger partial charge < -0.3 is 14.6 Å². The van der Waals surface area contributed by atoms with E-state index < -0.39 is 18.5 Å². The van der Waals surface area contributed by atoms with Crippen LogP contribution in [-0.2, 0) is 9.53 Å². The van der Waals surface area contributed by atoms with Crippen molar-refractivity contribution in [3.63, 3.8) is 0 Å². The molecule has 0 atom stereocenters. The zero-order valence-electron chi connectivity index (χ0n) is 11.5. The Hall–Kier alpha value is -2.34. The summed E-state index contributed by atoms with van der Waals surface area (Å²) >= 11 is 5.80. The van der Waals surface area contributed by atoms with E-state index in [1.165, 1.54) is 0 Å². The third-order valence-electron chi connectivity index (χ3n) is 2.68. The van der Waals surface area contributed by atoms with Gasteiger partial charge in [-0.05, 0) is 32.0 Å². The molecule has 0 spiro atoms. The molecule has 0 bridgehead atoms. The molecule has 0 saturated heterocycles. The average molecular weight is 309 g/mol. The van der Waals surface area contributed by atoms with E-state index in [1.807, 2.05) is 0 Å². The number of aromatic nitrogens is 1. The lowest BCUT2D eigenvalue weighted by atomic mass is 10.2. The molecule has 110 valence electrons. The number of halogens is 1. The number of carbonyl (C=O) groups excluding carboxylic acids is 2. The van der Waals surface area contributed by atoms with Crippen LogP contribution in [0.15, 0.2) is 28.8 Å². The van der Waals surface area contributed by atoms with Crippen molar-refractivity contribution >= 4 is 29.2 Å². The normalized spacial score (nSPS) is 10.2. The number of benzene rings is 1. The van der Waals surface area contributed by atoms with Crippen LogP contribution in [0.5, 0.6) is 0 Å². The predicted octanol–water partition coefficient (Wildman–Crippen LogP) is 2.74. The van der Waals surface area contributed by atoms with Gasteiger partial charge in [-0.25, -0.2) is 4.79 Å². The number of nitrogens with zero attached hydrogens (tertiary/aromatic N) is 1. The van der Waals surface area contributed by atoms with Crippen molar-refractivity contribution in [1.82, 2.24) is 5.16 Å². The summed E-state index contributed by atoms with van der Waals surface area (Å²) in [5.41, 5.74) is 1.19. The minimum atomic E-state index is -0.646. The number of nitrogens with one attached hydrogen (secondary N) is 1. The molecule has 7 heteroatoms. The molecule has 1 aromatic heterocycles. The third kappa shape index (κ3) is 3.82. The molecule has 2 aromatic rings. The lowest BCUT2D eigenvalue weighted by Gasteiger charge is -2.06. The molecule has 6 nitrogen and oxygen atoms in total. The SMILES string of the molecule is Cc1noc(C)c1C(=O)OCC(=O)Nc1cccc(Cl)c1. The summed E-state index contributed by atoms with van der Waals surface area (Å²) in [5, 5.41) is 6.72. The fourth-order valence-corrected chi connectivity index (χ4v) is 1.93. The van der Waals surface area contributed by atoms with Crippen LogP contribution in [0.3, 0.4) is 0 Å². The quantitative estimate of drug-likeness (QED) is 0.878. The maximum atomic E-state index is 11.8. The van der Waals surface area contributed by atoms with Crippen molar-refractivity contribution in [3.05, 3.63) is 46.3 Å². The Morgan fingerprint density at radius 1 is 1.38 bits per heavy atom. The molecule has 0 aliphatic rings. The Balaban J connectivity index is 1.91. The molecule has 0 fully saturated rings. The molecule has 1 aromatic carbocycles. The van der Waals surface area contributed by atoms with Gasteiger partial charge in [-0.1, -0.05) is 22.8 Å². The fourth-order valence-electron chi connectivity index (χ4n) is 1.74. The summed E-state index contributed by atoms with van der Waals surface area (Å²) in [4.78, 5) is 23.5. The zero-order valence-corrected chi connectivity index (χ0v) is 12.2. The number of esters is 1. The molecular formula is C14H13ClN2O4. The minimum absolute atomic E-state index is 0.241. The number of hydrogen-bond donors (Lipinski definition) is 1. The van der Waals surface area contributed by atoms with Crippen molar-refractivity contribution in [2.24, 2.45) is 0 Å². The van der Waals surface area contributed by atoms with Crippen LogP contribution in [-0.4, -0.2) is 23.6 Å². The van der Waals surface area contributed by atoms with Gasteiger partial charge >= 0.3 is 5.97 Å². The Bertz CT molecular complexity index is 662. The molecule has 2 rings (SSSR count). The first-order valence-electron chi connectivity index (χ1n) is 6.13. The van der Waals surface area contributed by atoms with Gasteiger partial charge in [0.2, 0.25) is 0 Å². The number of ether oxygens (including phenoxy) is 1. The van der Waals surface area contributed by atoms with Crippen molar-refractivity contribution in [2.45, 2.75) is 13.8 Å². The van der Waals surface area contributed by atoms with Gasteiger partial charge in [0.05, 0.1) is 5.69 Å². The Morgan fingerprint density at radius 3 is 2.76 bits per heavy atom. The molecule has 0 aliphatic heterocycles. The van der Waals surface area contributed by atoms with Gasteiger partial charge in [0.1, 0.15) is 11.3 Å². The summed E-state index contributed by atoms with van der Waals surface area (Å²) in [6.07, 6.45) is 0. The van der Waals surface area contributed by atoms with E-state index in [0.29, 0.717) is 22.2 Å². The highest BCUT2D eigenvalue weighted by Gasteiger charge is 2.19. The maximum Gasteiger partial charge on any atom is 0.344 e. The first kappa shape index (κ1) is 15.1. The molecule has 1 amide bonds. The largest absolute Gasteiger partial charge is 0.452 e. The summed E-state index contributed by atoms with van der Waals surface area (Å²) in [7, 11) is 0. The monoisotopic (exact) mass is 308 g/mol. The highest BCUT2D eigenvalue weighted by molar-refractivity contribution is 6.30. The predicted molar refractivity (Wildman–Crippen MR) is 76.3 cm³/mol. The van der Waals surface area contributed by atoms with Gasteiger partial charge in [-0.15, -0.1) is 0 Å². The first-order valence-corrected chi connectivity index (χ1v) is 6.50. The van der Waals surface area contributed by atoms with E-state index in [1.54, 1.807) is 38.1 Å². The van der Waals surface area contributed by atoms with Crippen LogP contribution < -0.4 is 5.32 Å². The average Bonchev–Trinajstić information content (AvgIpc) is 2.76. The summed E-state index contributed by atoms with van der Waals surface area (Å²) < 4.78 is 9.79. The number of aryl methyl sites for hydroxylation is 2. The van der Waals surface area contributed by atoms with Gasteiger partial charge in [-0.3, -0.25) is 4.79 Å². The lowest BCUT2D eigenvalue weighted by Crippen LogP contribution is -2.21. The van der Waals surface area contributed by atoms with Crippen LogP contribution in [0.25, 0.3) is 0 Å². The topological polar surface area (TPSA) is 81.4 Å². The van der Waals surface area contributed by atoms with Crippen LogP contribution in [0.4, 0.5) is 5.69 Å². The van der Waals surface area contributed by atoms with Crippen LogP contribution in [0.2, 0.25) is 5.02 Å². The standard InChI is InChI=1S/C14H13ClN2O4/c1-8-13(9(2)21-17-8)14(19)20-7-12(18)16-11-5-3-4-10(15)6-11/h3-6H,7H2,1-2H3,(H,16,18). The summed E-state index contributed by atoms with van der Waals surface area (Å²) in [6.45, 7) is 2.82. The van der Waals surface area contributed by atoms with E-state index >= 15 is 0 Å². The lowest BCUT2D eigenvalue weighted by molar-refractivity contribution is -0.119. The van der Waals surface area contributed by atoms with Gasteiger partial charge in [0.25, 0.3) is 5.91 Å². The summed E-state index contributed by atoms with van der Waals surface area (Å²) in [5.74, 6) is -0.752. The summed E-state index contributed by atoms with van der Waals surface area (Å²) in [6, 6.07) is 6.66. The van der Waals surface area contributed by atoms with E-state index in [4.69, 9.17) is 20.9 Å². The highest BCUT2D eigenvalue weighted by atomic mass is 35.5. The minimum Gasteiger partial charge on any atom is -0.452 e. The molecule has 1 heterocycles. The number of anilines is 1. The van der Waals surface area contributed by atoms with E-state index in [0.717, 1.165) is 0 Å². The number of carbonyl (C=O) groups is 2. The molecular weight excluding hydrogens is 296 g/mol. The first-order chi connectivity index (χ1) is 9.97. The molecule has 1 N–H and O–H groups in total. The molecule has 0 radical (unpaired) electrons. The van der Waals surface area contributed by atoms with Crippen LogP contribution in [0.1, 0.15) is 21.8 Å². The van der Waals surface area contributed by atoms with E-state index in [9.17, 15) is 9.59 Å². The maximum absolute atomic E-state index is 11.8. The molecule has 0 aliphatic carbocycles. The molecule has 0 unspecified atom stereocenters. The van der Waals surface area contributed by atoms with Gasteiger partial charge in [-0.2, -0.15) is 0 Å². The van der Waals surface area contributed by atoms with Crippen LogP contribution in [0, 0.1) is 13.8 Å². The van der Waals surface area contributed by atoms with Crippen molar-refractivity contribution in [3.8, 4) is 0 Å². The molecule has 21 heavy (non-hydrogen) atoms. The number of rotatable bonds is 4. The van der Waals surface area contributed by atoms with E-state index in [-0.39, 0.29) is 5.56 Å². The van der Waals surface area contributed by atoms with Gasteiger partial charge in [0.15, 0.2) is 6.61 Å². The smallest absolute Gasteiger partial charge is 0.344 e. The highest BCUT2D eigenvalue weighted by Crippen LogP contribution is 2.15. The second kappa shape index (κ2) is 6.41. The number of amides is 1. The van der Waals surface area contributed by atoms with E-state index in [2.05, 4.69) is 10.5 Å². The Morgan fingerprint density at radius 2 is 2.14 bits per heavy atom. The second-order valence-electron chi connectivity index (χ2n) is 4.33. The van der Waals surface area contributed by atoms with Crippen molar-refractivity contribution in [2.75, 3.05) is 11.9 Å². The fraction of sp³-hybridized carbons (Fsp3) is 0.214. The second-order valence-corrected chi connectivity index (χ2v) is 4.77. The van der Waals surface area contributed by atoms with Gasteiger partial charge in [0, 0.05) is 10.7 Å².